The van der Waals surface area contributed by atoms with Crippen molar-refractivity contribution in [2.75, 3.05) is 33.4 Å². The lowest BCUT2D eigenvalue weighted by Gasteiger charge is -2.19. The van der Waals surface area contributed by atoms with Crippen LogP contribution in [0.1, 0.15) is 19.8 Å². The van der Waals surface area contributed by atoms with Crippen molar-refractivity contribution in [3.63, 3.8) is 0 Å². The highest BCUT2D eigenvalue weighted by atomic mass is 16.5. The molecule has 0 aromatic heterocycles. The van der Waals surface area contributed by atoms with Crippen LogP contribution in [-0.4, -0.2) is 50.3 Å². The molecule has 102 valence electrons. The molecule has 2 heterocycles. The molecule has 0 aromatic carbocycles. The Morgan fingerprint density at radius 2 is 2.22 bits per heavy atom. The molecule has 0 N–H and O–H groups in total. The van der Waals surface area contributed by atoms with Crippen LogP contribution in [0.15, 0.2) is 0 Å². The van der Waals surface area contributed by atoms with Crippen molar-refractivity contribution in [3.8, 4) is 0 Å². The second kappa shape index (κ2) is 4.82. The summed E-state index contributed by atoms with van der Waals surface area (Å²) in [7, 11) is 1.74. The van der Waals surface area contributed by atoms with E-state index in [-0.39, 0.29) is 6.10 Å². The Bertz CT molecular complexity index is 333. The number of fused-ring (bicyclic) bond motifs is 1. The van der Waals surface area contributed by atoms with Crippen LogP contribution < -0.4 is 0 Å². The highest BCUT2D eigenvalue weighted by molar-refractivity contribution is 5.82. The fourth-order valence-corrected chi connectivity index (χ4v) is 3.45. The van der Waals surface area contributed by atoms with Crippen molar-refractivity contribution < 1.29 is 14.3 Å². The molecule has 0 bridgehead atoms. The molecule has 3 aliphatic rings. The van der Waals surface area contributed by atoms with Gasteiger partial charge in [0.2, 0.25) is 5.91 Å². The number of hydrogen-bond acceptors (Lipinski definition) is 3. The maximum Gasteiger partial charge on any atom is 0.226 e. The molecular weight excluding hydrogens is 230 g/mol. The number of ether oxygens (including phenoxy) is 2. The second-order valence-corrected chi connectivity index (χ2v) is 6.14. The molecule has 3 fully saturated rings. The predicted molar refractivity (Wildman–Crippen MR) is 67.1 cm³/mol. The number of nitrogens with zero attached hydrogens (tertiary/aromatic N) is 1. The Morgan fingerprint density at radius 3 is 2.89 bits per heavy atom. The SMILES string of the molecule is COCC[C@H]1CO[C@H]2CN(C(=O)[C@@H]3C[C@H]3C)C[C@@H]12. The molecule has 18 heavy (non-hydrogen) atoms. The molecule has 4 nitrogen and oxygen atoms in total. The summed E-state index contributed by atoms with van der Waals surface area (Å²) in [5, 5.41) is 0. The van der Waals surface area contributed by atoms with Gasteiger partial charge in [-0.2, -0.15) is 0 Å². The van der Waals surface area contributed by atoms with Crippen molar-refractivity contribution in [2.24, 2.45) is 23.7 Å². The third kappa shape index (κ3) is 2.16. The first-order valence-electron chi connectivity index (χ1n) is 7.10. The van der Waals surface area contributed by atoms with Crippen molar-refractivity contribution in [3.05, 3.63) is 0 Å². The van der Waals surface area contributed by atoms with Crippen molar-refractivity contribution in [2.45, 2.75) is 25.9 Å². The predicted octanol–water partition coefficient (Wildman–Crippen LogP) is 1.15. The van der Waals surface area contributed by atoms with Crippen LogP contribution in [0, 0.1) is 23.7 Å². The minimum atomic E-state index is 0.282. The van der Waals surface area contributed by atoms with Crippen LogP contribution in [0.5, 0.6) is 0 Å². The van der Waals surface area contributed by atoms with Gasteiger partial charge in [0.25, 0.3) is 0 Å². The van der Waals surface area contributed by atoms with E-state index in [0.717, 1.165) is 39.1 Å². The van der Waals surface area contributed by atoms with Gasteiger partial charge in [-0.15, -0.1) is 0 Å². The van der Waals surface area contributed by atoms with Gasteiger partial charge in [-0.3, -0.25) is 4.79 Å². The first-order chi connectivity index (χ1) is 8.70. The first-order valence-corrected chi connectivity index (χ1v) is 7.10. The fraction of sp³-hybridized carbons (Fsp3) is 0.929. The highest BCUT2D eigenvalue weighted by Gasteiger charge is 2.49. The molecule has 0 radical (unpaired) electrons. The van der Waals surface area contributed by atoms with Crippen LogP contribution in [0.3, 0.4) is 0 Å². The maximum atomic E-state index is 12.2. The van der Waals surface area contributed by atoms with E-state index in [1.807, 2.05) is 4.90 Å². The van der Waals surface area contributed by atoms with E-state index in [0.29, 0.717) is 29.6 Å². The molecule has 1 amide bonds. The zero-order valence-corrected chi connectivity index (χ0v) is 11.3. The van der Waals surface area contributed by atoms with Gasteiger partial charge in [0, 0.05) is 38.6 Å². The van der Waals surface area contributed by atoms with Gasteiger partial charge >= 0.3 is 0 Å². The monoisotopic (exact) mass is 253 g/mol. The lowest BCUT2D eigenvalue weighted by molar-refractivity contribution is -0.132. The molecule has 0 spiro atoms. The highest BCUT2D eigenvalue weighted by Crippen LogP contribution is 2.42. The number of rotatable bonds is 4. The molecule has 2 saturated heterocycles. The van der Waals surface area contributed by atoms with Gasteiger partial charge in [-0.1, -0.05) is 6.92 Å². The summed E-state index contributed by atoms with van der Waals surface area (Å²) in [5.41, 5.74) is 0. The summed E-state index contributed by atoms with van der Waals surface area (Å²) in [6.45, 7) is 5.53. The number of hydrogen-bond donors (Lipinski definition) is 0. The van der Waals surface area contributed by atoms with E-state index < -0.39 is 0 Å². The second-order valence-electron chi connectivity index (χ2n) is 6.14. The molecule has 4 heteroatoms. The van der Waals surface area contributed by atoms with E-state index in [1.54, 1.807) is 7.11 Å². The third-order valence-electron chi connectivity index (χ3n) is 4.87. The number of likely N-dealkylation sites (tertiary alicyclic amines) is 1. The zero-order chi connectivity index (χ0) is 12.7. The number of carbonyl (C=O) groups excluding carboxylic acids is 1. The van der Waals surface area contributed by atoms with Gasteiger partial charge in [-0.25, -0.2) is 0 Å². The van der Waals surface area contributed by atoms with Crippen molar-refractivity contribution >= 4 is 5.91 Å². The summed E-state index contributed by atoms with van der Waals surface area (Å²) in [4.78, 5) is 14.3. The normalized spacial score (nSPS) is 42.1. The quantitative estimate of drug-likeness (QED) is 0.754. The lowest BCUT2D eigenvalue weighted by Crippen LogP contribution is -2.32. The van der Waals surface area contributed by atoms with E-state index >= 15 is 0 Å². The molecule has 0 unspecified atom stereocenters. The Labute approximate surface area is 109 Å². The fourth-order valence-electron chi connectivity index (χ4n) is 3.45. The number of methoxy groups -OCH3 is 1. The Morgan fingerprint density at radius 1 is 1.44 bits per heavy atom. The first kappa shape index (κ1) is 12.4. The molecule has 1 saturated carbocycles. The van der Waals surface area contributed by atoms with Crippen LogP contribution >= 0.6 is 0 Å². The Hall–Kier alpha value is -0.610. The minimum Gasteiger partial charge on any atom is -0.385 e. The summed E-state index contributed by atoms with van der Waals surface area (Å²) in [6, 6.07) is 0. The van der Waals surface area contributed by atoms with Crippen molar-refractivity contribution in [1.29, 1.82) is 0 Å². The summed E-state index contributed by atoms with van der Waals surface area (Å²) in [5.74, 6) is 2.39. The topological polar surface area (TPSA) is 38.8 Å². The molecule has 0 aromatic rings. The molecule has 1 aliphatic carbocycles. The standard InChI is InChI=1S/C14H23NO3/c1-9-5-11(9)14(16)15-6-12-10(3-4-17-2)8-18-13(12)7-15/h9-13H,3-8H2,1-2H3/t9-,10+,11-,12+,13+/m1/s1. The van der Waals surface area contributed by atoms with Gasteiger partial charge in [0.15, 0.2) is 0 Å². The average molecular weight is 253 g/mol. The van der Waals surface area contributed by atoms with E-state index in [4.69, 9.17) is 9.47 Å². The zero-order valence-electron chi connectivity index (χ0n) is 11.3. The Balaban J connectivity index is 1.56. The lowest BCUT2D eigenvalue weighted by atomic mass is 9.91. The average Bonchev–Trinajstić information content (AvgIpc) is 2.79. The molecule has 3 rings (SSSR count). The summed E-state index contributed by atoms with van der Waals surface area (Å²) >= 11 is 0. The largest absolute Gasteiger partial charge is 0.385 e. The third-order valence-corrected chi connectivity index (χ3v) is 4.87. The smallest absolute Gasteiger partial charge is 0.226 e. The van der Waals surface area contributed by atoms with Crippen LogP contribution in [0.25, 0.3) is 0 Å². The van der Waals surface area contributed by atoms with Crippen molar-refractivity contribution in [1.82, 2.24) is 4.90 Å². The Kier molecular flexibility index (Phi) is 3.32. The number of amides is 1. The van der Waals surface area contributed by atoms with Gasteiger partial charge in [0.05, 0.1) is 12.7 Å². The van der Waals surface area contributed by atoms with Crippen LogP contribution in [-0.2, 0) is 14.3 Å². The minimum absolute atomic E-state index is 0.282. The van der Waals surface area contributed by atoms with Gasteiger partial charge in [0.1, 0.15) is 0 Å². The molecule has 5 atom stereocenters. The molecule has 2 aliphatic heterocycles. The number of carbonyl (C=O) groups is 1. The van der Waals surface area contributed by atoms with Crippen LogP contribution in [0.4, 0.5) is 0 Å². The van der Waals surface area contributed by atoms with E-state index in [2.05, 4.69) is 6.92 Å². The van der Waals surface area contributed by atoms with E-state index in [9.17, 15) is 4.79 Å². The molecular formula is C14H23NO3. The van der Waals surface area contributed by atoms with Crippen LogP contribution in [0.2, 0.25) is 0 Å². The van der Waals surface area contributed by atoms with Gasteiger partial charge < -0.3 is 14.4 Å². The van der Waals surface area contributed by atoms with Gasteiger partial charge in [-0.05, 0) is 24.7 Å². The summed E-state index contributed by atoms with van der Waals surface area (Å²) < 4.78 is 11.0. The summed E-state index contributed by atoms with van der Waals surface area (Å²) in [6.07, 6.45) is 2.42. The maximum absolute atomic E-state index is 12.2. The van der Waals surface area contributed by atoms with E-state index in [1.165, 1.54) is 0 Å².